The van der Waals surface area contributed by atoms with E-state index in [4.69, 9.17) is 0 Å². The molecule has 3 nitrogen and oxygen atoms in total. The first kappa shape index (κ1) is 11.5. The monoisotopic (exact) mass is 228 g/mol. The van der Waals surface area contributed by atoms with Crippen LogP contribution in [0.1, 0.15) is 5.56 Å². The lowest BCUT2D eigenvalue weighted by Gasteiger charge is -2.07. The van der Waals surface area contributed by atoms with E-state index >= 15 is 0 Å². The van der Waals surface area contributed by atoms with Gasteiger partial charge in [0.25, 0.3) is 0 Å². The lowest BCUT2D eigenvalue weighted by molar-refractivity contribution is 0.858. The average Bonchev–Trinajstić information content (AvgIpc) is 2.35. The van der Waals surface area contributed by atoms with Gasteiger partial charge in [-0.2, -0.15) is 0 Å². The number of anilines is 1. The molecule has 1 aromatic carbocycles. The molecule has 0 atom stereocenters. The van der Waals surface area contributed by atoms with Gasteiger partial charge < -0.3 is 9.88 Å². The summed E-state index contributed by atoms with van der Waals surface area (Å²) in [5, 5.41) is 3.30. The first-order chi connectivity index (χ1) is 8.25. The number of nitrogens with zero attached hydrogens (tertiary/aromatic N) is 1. The van der Waals surface area contributed by atoms with Crippen LogP contribution in [-0.4, -0.2) is 11.1 Å². The van der Waals surface area contributed by atoms with Gasteiger partial charge >= 0.3 is 0 Å². The van der Waals surface area contributed by atoms with Crippen molar-refractivity contribution in [1.82, 2.24) is 4.57 Å². The average molecular weight is 228 g/mol. The third-order valence-electron chi connectivity index (χ3n) is 2.67. The summed E-state index contributed by atoms with van der Waals surface area (Å²) in [5.74, 6) is 0. The molecular weight excluding hydrogens is 212 g/mol. The molecule has 0 radical (unpaired) electrons. The van der Waals surface area contributed by atoms with Gasteiger partial charge in [-0.25, -0.2) is 0 Å². The van der Waals surface area contributed by atoms with Crippen LogP contribution in [0.5, 0.6) is 0 Å². The van der Waals surface area contributed by atoms with E-state index in [0.717, 1.165) is 18.7 Å². The quantitative estimate of drug-likeness (QED) is 0.869. The number of nitrogens with one attached hydrogen (secondary N) is 1. The molecule has 0 spiro atoms. The lowest BCUT2D eigenvalue weighted by Crippen LogP contribution is -2.15. The molecule has 0 saturated carbocycles. The molecule has 17 heavy (non-hydrogen) atoms. The van der Waals surface area contributed by atoms with Crippen molar-refractivity contribution in [3.8, 4) is 0 Å². The van der Waals surface area contributed by atoms with Gasteiger partial charge in [-0.1, -0.05) is 30.3 Å². The van der Waals surface area contributed by atoms with E-state index in [2.05, 4.69) is 17.4 Å². The van der Waals surface area contributed by atoms with Crippen molar-refractivity contribution in [1.29, 1.82) is 0 Å². The molecular formula is C14H16N2O. The van der Waals surface area contributed by atoms with Crippen LogP contribution in [0.3, 0.4) is 0 Å². The summed E-state index contributed by atoms with van der Waals surface area (Å²) < 4.78 is 1.57. The molecule has 2 rings (SSSR count). The van der Waals surface area contributed by atoms with E-state index < -0.39 is 0 Å². The zero-order valence-electron chi connectivity index (χ0n) is 9.89. The number of aromatic nitrogens is 1. The molecule has 88 valence electrons. The number of hydrogen-bond donors (Lipinski definition) is 1. The summed E-state index contributed by atoms with van der Waals surface area (Å²) in [5.41, 5.74) is 2.30. The smallest absolute Gasteiger partial charge is 0.250 e. The highest BCUT2D eigenvalue weighted by molar-refractivity contribution is 5.40. The van der Waals surface area contributed by atoms with Crippen LogP contribution in [0.25, 0.3) is 0 Å². The normalized spacial score (nSPS) is 10.2. The number of pyridine rings is 1. The zero-order valence-corrected chi connectivity index (χ0v) is 9.89. The number of rotatable bonds is 4. The molecule has 0 aliphatic carbocycles. The van der Waals surface area contributed by atoms with Crippen LogP contribution in [-0.2, 0) is 13.5 Å². The van der Waals surface area contributed by atoms with Crippen LogP contribution in [0.4, 0.5) is 5.69 Å². The van der Waals surface area contributed by atoms with E-state index in [1.165, 1.54) is 5.56 Å². The first-order valence-electron chi connectivity index (χ1n) is 5.70. The van der Waals surface area contributed by atoms with Crippen LogP contribution < -0.4 is 10.9 Å². The summed E-state index contributed by atoms with van der Waals surface area (Å²) in [6.07, 6.45) is 2.79. The predicted molar refractivity (Wildman–Crippen MR) is 70.3 cm³/mol. The highest BCUT2D eigenvalue weighted by Gasteiger charge is 1.95. The maximum atomic E-state index is 11.2. The number of aryl methyl sites for hydroxylation is 1. The van der Waals surface area contributed by atoms with Gasteiger partial charge in [0.1, 0.15) is 0 Å². The van der Waals surface area contributed by atoms with Crippen molar-refractivity contribution in [3.63, 3.8) is 0 Å². The molecule has 0 fully saturated rings. The summed E-state index contributed by atoms with van der Waals surface area (Å²) >= 11 is 0. The fourth-order valence-electron chi connectivity index (χ4n) is 1.69. The molecule has 0 aliphatic rings. The zero-order chi connectivity index (χ0) is 12.1. The molecule has 0 aliphatic heterocycles. The van der Waals surface area contributed by atoms with Crippen molar-refractivity contribution in [2.75, 3.05) is 11.9 Å². The minimum absolute atomic E-state index is 0.0126. The Labute approximate surface area is 101 Å². The lowest BCUT2D eigenvalue weighted by atomic mass is 10.1. The van der Waals surface area contributed by atoms with Gasteiger partial charge in [-0.3, -0.25) is 4.79 Å². The van der Waals surface area contributed by atoms with Crippen LogP contribution >= 0.6 is 0 Å². The van der Waals surface area contributed by atoms with Crippen LogP contribution in [0.15, 0.2) is 53.5 Å². The minimum atomic E-state index is 0.0126. The third kappa shape index (κ3) is 3.21. The first-order valence-corrected chi connectivity index (χ1v) is 5.70. The fourth-order valence-corrected chi connectivity index (χ4v) is 1.69. The van der Waals surface area contributed by atoms with Gasteiger partial charge in [0.15, 0.2) is 0 Å². The Bertz CT molecular complexity index is 531. The van der Waals surface area contributed by atoms with E-state index in [-0.39, 0.29) is 5.56 Å². The van der Waals surface area contributed by atoms with Crippen molar-refractivity contribution in [2.45, 2.75) is 6.42 Å². The molecule has 2 aromatic rings. The fraction of sp³-hybridized carbons (Fsp3) is 0.214. The summed E-state index contributed by atoms with van der Waals surface area (Å²) in [6.45, 7) is 0.863. The van der Waals surface area contributed by atoms with Crippen molar-refractivity contribution in [2.24, 2.45) is 7.05 Å². The van der Waals surface area contributed by atoms with Gasteiger partial charge in [0.2, 0.25) is 5.56 Å². The van der Waals surface area contributed by atoms with Crippen molar-refractivity contribution < 1.29 is 0 Å². The Morgan fingerprint density at radius 1 is 1.12 bits per heavy atom. The maximum absolute atomic E-state index is 11.2. The van der Waals surface area contributed by atoms with Crippen LogP contribution in [0, 0.1) is 0 Å². The SMILES string of the molecule is Cn1cc(NCCc2ccccc2)ccc1=O. The van der Waals surface area contributed by atoms with Gasteiger partial charge in [0.05, 0.1) is 5.69 Å². The molecule has 1 N–H and O–H groups in total. The molecule has 1 heterocycles. The second-order valence-corrected chi connectivity index (χ2v) is 4.03. The highest BCUT2D eigenvalue weighted by atomic mass is 16.1. The maximum Gasteiger partial charge on any atom is 0.250 e. The molecule has 3 heteroatoms. The van der Waals surface area contributed by atoms with Gasteiger partial charge in [-0.05, 0) is 18.1 Å². The Kier molecular flexibility index (Phi) is 3.60. The Balaban J connectivity index is 1.90. The largest absolute Gasteiger partial charge is 0.384 e. The molecule has 0 unspecified atom stereocenters. The van der Waals surface area contributed by atoms with Crippen molar-refractivity contribution in [3.05, 3.63) is 64.6 Å². The van der Waals surface area contributed by atoms with E-state index in [0.29, 0.717) is 0 Å². The molecule has 0 saturated heterocycles. The second-order valence-electron chi connectivity index (χ2n) is 4.03. The molecule has 0 bridgehead atoms. The summed E-state index contributed by atoms with van der Waals surface area (Å²) in [7, 11) is 1.75. The topological polar surface area (TPSA) is 34.0 Å². The van der Waals surface area contributed by atoms with Gasteiger partial charge in [-0.15, -0.1) is 0 Å². The second kappa shape index (κ2) is 5.34. The molecule has 1 aromatic heterocycles. The Morgan fingerprint density at radius 2 is 1.88 bits per heavy atom. The molecule has 0 amide bonds. The Hall–Kier alpha value is -2.03. The Morgan fingerprint density at radius 3 is 2.59 bits per heavy atom. The minimum Gasteiger partial charge on any atom is -0.384 e. The predicted octanol–water partition coefficient (Wildman–Crippen LogP) is 2.04. The van der Waals surface area contributed by atoms with Crippen LogP contribution in [0.2, 0.25) is 0 Å². The summed E-state index contributed by atoms with van der Waals surface area (Å²) in [4.78, 5) is 11.2. The standard InChI is InChI=1S/C14H16N2O/c1-16-11-13(7-8-14(16)17)15-10-9-12-5-3-2-4-6-12/h2-8,11,15H,9-10H2,1H3. The summed E-state index contributed by atoms with van der Waals surface area (Å²) in [6, 6.07) is 13.7. The number of benzene rings is 1. The highest BCUT2D eigenvalue weighted by Crippen LogP contribution is 2.04. The van der Waals surface area contributed by atoms with Crippen molar-refractivity contribution >= 4 is 5.69 Å². The van der Waals surface area contributed by atoms with E-state index in [9.17, 15) is 4.79 Å². The van der Waals surface area contributed by atoms with E-state index in [1.807, 2.05) is 30.5 Å². The van der Waals surface area contributed by atoms with Gasteiger partial charge in [0, 0.05) is 25.9 Å². The van der Waals surface area contributed by atoms with E-state index in [1.54, 1.807) is 17.7 Å². The third-order valence-corrected chi connectivity index (χ3v) is 2.67. The number of hydrogen-bond acceptors (Lipinski definition) is 2.